The Labute approximate surface area is 219 Å². The van der Waals surface area contributed by atoms with Crippen LogP contribution in [-0.2, 0) is 6.42 Å². The molecule has 3 N–H and O–H groups in total. The molecule has 36 heavy (non-hydrogen) atoms. The highest BCUT2D eigenvalue weighted by molar-refractivity contribution is 6.31. The van der Waals surface area contributed by atoms with E-state index in [0.29, 0.717) is 29.3 Å². The van der Waals surface area contributed by atoms with Gasteiger partial charge in [-0.1, -0.05) is 44.7 Å². The van der Waals surface area contributed by atoms with E-state index >= 15 is 0 Å². The van der Waals surface area contributed by atoms with Crippen LogP contribution in [0.4, 0.5) is 5.69 Å². The van der Waals surface area contributed by atoms with Gasteiger partial charge in [-0.3, -0.25) is 4.98 Å². The molecule has 0 atom stereocenters. The van der Waals surface area contributed by atoms with Gasteiger partial charge in [0.2, 0.25) is 0 Å². The molecule has 0 spiro atoms. The summed E-state index contributed by atoms with van der Waals surface area (Å²) in [5, 5.41) is 4.24. The number of pyridine rings is 1. The summed E-state index contributed by atoms with van der Waals surface area (Å²) in [6.07, 6.45) is 11.2. The Kier molecular flexibility index (Phi) is 10.3. The van der Waals surface area contributed by atoms with Crippen molar-refractivity contribution < 1.29 is 4.74 Å². The molecule has 0 radical (unpaired) electrons. The lowest BCUT2D eigenvalue weighted by Crippen LogP contribution is -2.25. The number of hydrogen-bond donors (Lipinski definition) is 2. The van der Waals surface area contributed by atoms with Crippen molar-refractivity contribution in [2.45, 2.75) is 39.5 Å². The zero-order valence-corrected chi connectivity index (χ0v) is 22.0. The van der Waals surface area contributed by atoms with Gasteiger partial charge in [0.15, 0.2) is 0 Å². The van der Waals surface area contributed by atoms with Crippen LogP contribution in [0.25, 0.3) is 5.70 Å². The van der Waals surface area contributed by atoms with Gasteiger partial charge in [0, 0.05) is 35.6 Å². The van der Waals surface area contributed by atoms with Crippen molar-refractivity contribution in [1.82, 2.24) is 9.88 Å². The van der Waals surface area contributed by atoms with Gasteiger partial charge in [0.1, 0.15) is 17.3 Å². The molecular weight excluding hydrogens is 470 g/mol. The van der Waals surface area contributed by atoms with Crippen LogP contribution in [0.15, 0.2) is 84.4 Å². The largest absolute Gasteiger partial charge is 0.458 e. The lowest BCUT2D eigenvalue weighted by molar-refractivity contribution is 0.285. The molecule has 0 saturated heterocycles. The number of amidine groups is 1. The third-order valence-corrected chi connectivity index (χ3v) is 6.16. The molecule has 0 unspecified atom stereocenters. The molecule has 3 rings (SSSR count). The van der Waals surface area contributed by atoms with Crippen molar-refractivity contribution in [2.24, 2.45) is 10.7 Å². The fourth-order valence-corrected chi connectivity index (χ4v) is 4.12. The van der Waals surface area contributed by atoms with Gasteiger partial charge in [0.25, 0.3) is 0 Å². The lowest BCUT2D eigenvalue weighted by Gasteiger charge is -2.19. The van der Waals surface area contributed by atoms with Crippen LogP contribution in [0.5, 0.6) is 5.75 Å². The van der Waals surface area contributed by atoms with Crippen molar-refractivity contribution in [3.8, 4) is 5.75 Å². The Morgan fingerprint density at radius 1 is 1.22 bits per heavy atom. The molecule has 7 heteroatoms. The highest BCUT2D eigenvalue weighted by atomic mass is 35.5. The van der Waals surface area contributed by atoms with E-state index in [1.807, 2.05) is 30.5 Å². The Hall–Kier alpha value is -3.35. The smallest absolute Gasteiger partial charge is 0.131 e. The Balaban J connectivity index is 1.49. The Bertz CT molecular complexity index is 1170. The Morgan fingerprint density at radius 2 is 2.06 bits per heavy atom. The van der Waals surface area contributed by atoms with E-state index in [1.54, 1.807) is 18.3 Å². The third-order valence-electron chi connectivity index (χ3n) is 5.79. The number of aromatic nitrogens is 1. The minimum absolute atomic E-state index is 0.387. The fraction of sp³-hybridized carbons (Fsp3) is 0.310. The van der Waals surface area contributed by atoms with Crippen LogP contribution in [0.2, 0.25) is 5.02 Å². The van der Waals surface area contributed by atoms with E-state index in [1.165, 1.54) is 6.42 Å². The molecule has 0 bridgehead atoms. The molecule has 0 saturated carbocycles. The number of aliphatic imine (C=N–C) groups is 1. The van der Waals surface area contributed by atoms with E-state index < -0.39 is 0 Å². The minimum Gasteiger partial charge on any atom is -0.458 e. The zero-order chi connectivity index (χ0) is 25.9. The van der Waals surface area contributed by atoms with Gasteiger partial charge >= 0.3 is 0 Å². The predicted molar refractivity (Wildman–Crippen MR) is 152 cm³/mol. The third kappa shape index (κ3) is 8.40. The zero-order valence-electron chi connectivity index (χ0n) is 21.3. The second kappa shape index (κ2) is 13.7. The molecule has 1 aromatic heterocycles. The summed E-state index contributed by atoms with van der Waals surface area (Å²) in [5.74, 6) is 1.99. The van der Waals surface area contributed by atoms with Crippen molar-refractivity contribution in [3.63, 3.8) is 0 Å². The first kappa shape index (κ1) is 27.2. The number of nitrogens with zero attached hydrogens (tertiary/aromatic N) is 3. The van der Waals surface area contributed by atoms with Gasteiger partial charge in [-0.05, 0) is 80.4 Å². The first-order valence-electron chi connectivity index (χ1n) is 12.4. The number of rotatable bonds is 13. The SMILES string of the molecule is C=C(/C=C\C1=CN=C(Nc2ccc(Cl)c(CCCN(CC)CCC)c2)C1)Oc1ccnc(C(=C)N)c1. The molecule has 0 aliphatic carbocycles. The van der Waals surface area contributed by atoms with Crippen LogP contribution in [-0.4, -0.2) is 35.4 Å². The molecule has 190 valence electrons. The second-order valence-corrected chi connectivity index (χ2v) is 9.14. The number of nitrogens with two attached hydrogens (primary N) is 1. The number of benzene rings is 1. The van der Waals surface area contributed by atoms with Crippen molar-refractivity contribution in [3.05, 3.63) is 95.7 Å². The van der Waals surface area contributed by atoms with Crippen LogP contribution in [0, 0.1) is 0 Å². The summed E-state index contributed by atoms with van der Waals surface area (Å²) in [5.41, 5.74) is 9.88. The van der Waals surface area contributed by atoms with E-state index in [-0.39, 0.29) is 0 Å². The molecule has 1 aliphatic heterocycles. The van der Waals surface area contributed by atoms with Gasteiger partial charge in [-0.15, -0.1) is 0 Å². The highest BCUT2D eigenvalue weighted by Crippen LogP contribution is 2.24. The summed E-state index contributed by atoms with van der Waals surface area (Å²) < 4.78 is 5.77. The van der Waals surface area contributed by atoms with Gasteiger partial charge in [-0.2, -0.15) is 0 Å². The van der Waals surface area contributed by atoms with Crippen LogP contribution in [0.1, 0.15) is 44.4 Å². The molecule has 1 aromatic carbocycles. The van der Waals surface area contributed by atoms with Crippen molar-refractivity contribution >= 4 is 28.8 Å². The summed E-state index contributed by atoms with van der Waals surface area (Å²) in [6, 6.07) is 9.55. The molecule has 1 aliphatic rings. The second-order valence-electron chi connectivity index (χ2n) is 8.73. The summed E-state index contributed by atoms with van der Waals surface area (Å²) in [4.78, 5) is 11.2. The quantitative estimate of drug-likeness (QED) is 0.237. The predicted octanol–water partition coefficient (Wildman–Crippen LogP) is 6.58. The summed E-state index contributed by atoms with van der Waals surface area (Å²) in [7, 11) is 0. The molecule has 2 aromatic rings. The molecule has 0 amide bonds. The number of allylic oxidation sites excluding steroid dienone is 2. The molecule has 0 fully saturated rings. The maximum Gasteiger partial charge on any atom is 0.131 e. The van der Waals surface area contributed by atoms with E-state index in [4.69, 9.17) is 22.1 Å². The topological polar surface area (TPSA) is 75.8 Å². The number of aryl methyl sites for hydroxylation is 1. The van der Waals surface area contributed by atoms with Crippen LogP contribution >= 0.6 is 11.6 Å². The number of hydrogen-bond acceptors (Lipinski definition) is 6. The first-order valence-corrected chi connectivity index (χ1v) is 12.7. The van der Waals surface area contributed by atoms with E-state index in [9.17, 15) is 0 Å². The standard InChI is InChI=1S/C29H36ClN5O/c1-5-15-35(6-2)16-7-8-24-18-25(11-12-27(24)30)34-29-17-23(20-33-29)10-9-21(3)36-26-13-14-32-28(19-26)22(4)31/h9-14,18-20H,3-8,15-17,31H2,1-2H3,(H,33,34)/b10-9-. The van der Waals surface area contributed by atoms with Crippen molar-refractivity contribution in [1.29, 1.82) is 0 Å². The average molecular weight is 506 g/mol. The Morgan fingerprint density at radius 3 is 2.81 bits per heavy atom. The number of anilines is 1. The lowest BCUT2D eigenvalue weighted by atomic mass is 10.1. The number of halogens is 1. The molecular formula is C29H36ClN5O. The monoisotopic (exact) mass is 505 g/mol. The summed E-state index contributed by atoms with van der Waals surface area (Å²) in [6.45, 7) is 15.4. The van der Waals surface area contributed by atoms with E-state index in [2.05, 4.69) is 53.3 Å². The molecule has 6 nitrogen and oxygen atoms in total. The number of nitrogens with one attached hydrogen (secondary N) is 1. The van der Waals surface area contributed by atoms with Crippen LogP contribution < -0.4 is 15.8 Å². The van der Waals surface area contributed by atoms with Gasteiger partial charge in [-0.25, -0.2) is 4.99 Å². The van der Waals surface area contributed by atoms with Gasteiger partial charge in [0.05, 0.1) is 11.4 Å². The normalized spacial score (nSPS) is 13.1. The van der Waals surface area contributed by atoms with Crippen LogP contribution in [0.3, 0.4) is 0 Å². The van der Waals surface area contributed by atoms with E-state index in [0.717, 1.165) is 60.2 Å². The number of ether oxygens (including phenoxy) is 1. The van der Waals surface area contributed by atoms with Crippen molar-refractivity contribution in [2.75, 3.05) is 25.0 Å². The maximum absolute atomic E-state index is 6.47. The fourth-order valence-electron chi connectivity index (χ4n) is 3.91. The average Bonchev–Trinajstić information content (AvgIpc) is 3.31. The maximum atomic E-state index is 6.47. The highest BCUT2D eigenvalue weighted by Gasteiger charge is 2.11. The van der Waals surface area contributed by atoms with Gasteiger partial charge < -0.3 is 20.7 Å². The minimum atomic E-state index is 0.387. The summed E-state index contributed by atoms with van der Waals surface area (Å²) >= 11 is 6.47. The first-order chi connectivity index (χ1) is 17.4. The molecule has 2 heterocycles.